The summed E-state index contributed by atoms with van der Waals surface area (Å²) in [4.78, 5) is 3.85. The lowest BCUT2D eigenvalue weighted by Crippen LogP contribution is -1.83. The van der Waals surface area contributed by atoms with Crippen molar-refractivity contribution in [3.63, 3.8) is 0 Å². The molecule has 0 radical (unpaired) electrons. The lowest BCUT2D eigenvalue weighted by molar-refractivity contribution is 0.746. The van der Waals surface area contributed by atoms with E-state index in [1.807, 2.05) is 6.21 Å². The Kier molecular flexibility index (Phi) is 6.03. The van der Waals surface area contributed by atoms with Gasteiger partial charge in [0.05, 0.1) is 0 Å². The largest absolute Gasteiger partial charge is 0.287 e. The van der Waals surface area contributed by atoms with Crippen LogP contribution in [0, 0.1) is 5.41 Å². The Morgan fingerprint density at radius 1 is 1.50 bits per heavy atom. The van der Waals surface area contributed by atoms with Crippen LogP contribution in [-0.4, -0.2) is 12.1 Å². The molecule has 0 aromatic rings. The minimum atomic E-state index is 0.400. The van der Waals surface area contributed by atoms with Crippen LogP contribution in [0.15, 0.2) is 4.99 Å². The summed E-state index contributed by atoms with van der Waals surface area (Å²) in [5.74, 6) is 0.400. The maximum Gasteiger partial charge on any atom is 0.116 e. The van der Waals surface area contributed by atoms with Gasteiger partial charge in [0.1, 0.15) is 5.84 Å². The van der Waals surface area contributed by atoms with Crippen molar-refractivity contribution in [2.75, 3.05) is 0 Å². The molecule has 58 valence electrons. The zero-order valence-corrected chi connectivity index (χ0v) is 6.85. The molecule has 0 atom stereocenters. The number of hydrogen-bond donors (Lipinski definition) is 1. The van der Waals surface area contributed by atoms with Gasteiger partial charge >= 0.3 is 0 Å². The van der Waals surface area contributed by atoms with Crippen LogP contribution in [0.2, 0.25) is 0 Å². The molecule has 0 fully saturated rings. The van der Waals surface area contributed by atoms with Crippen LogP contribution in [0.5, 0.6) is 0 Å². The first-order valence-corrected chi connectivity index (χ1v) is 3.85. The Bertz CT molecular complexity index is 116. The fourth-order valence-electron chi connectivity index (χ4n) is 0.687. The van der Waals surface area contributed by atoms with Crippen LogP contribution in [0.1, 0.15) is 39.5 Å². The Balaban J connectivity index is 3.10. The van der Waals surface area contributed by atoms with E-state index in [9.17, 15) is 0 Å². The van der Waals surface area contributed by atoms with Crippen LogP contribution < -0.4 is 0 Å². The van der Waals surface area contributed by atoms with Gasteiger partial charge in [0.15, 0.2) is 0 Å². The van der Waals surface area contributed by atoms with E-state index in [1.54, 1.807) is 6.92 Å². The second kappa shape index (κ2) is 6.46. The molecule has 0 unspecified atom stereocenters. The zero-order chi connectivity index (χ0) is 7.82. The smallest absolute Gasteiger partial charge is 0.116 e. The van der Waals surface area contributed by atoms with Crippen LogP contribution in [0.3, 0.4) is 0 Å². The van der Waals surface area contributed by atoms with E-state index < -0.39 is 0 Å². The van der Waals surface area contributed by atoms with Crippen LogP contribution in [-0.2, 0) is 0 Å². The third-order valence-corrected chi connectivity index (χ3v) is 1.22. The van der Waals surface area contributed by atoms with Crippen LogP contribution >= 0.6 is 0 Å². The Labute approximate surface area is 62.9 Å². The molecule has 0 saturated heterocycles. The molecular weight excluding hydrogens is 124 g/mol. The number of aliphatic imine (C=N–C) groups is 1. The van der Waals surface area contributed by atoms with Gasteiger partial charge in [0.25, 0.3) is 0 Å². The lowest BCUT2D eigenvalue weighted by Gasteiger charge is -1.90. The van der Waals surface area contributed by atoms with Crippen molar-refractivity contribution >= 4 is 12.1 Å². The van der Waals surface area contributed by atoms with Crippen molar-refractivity contribution in [3.8, 4) is 0 Å². The molecule has 0 amide bonds. The van der Waals surface area contributed by atoms with E-state index in [1.165, 1.54) is 19.3 Å². The Morgan fingerprint density at radius 2 is 2.20 bits per heavy atom. The molecule has 0 aromatic heterocycles. The SMILES string of the molecule is CCCCCC=NC(C)=N. The highest BCUT2D eigenvalue weighted by Gasteiger charge is 1.82. The average molecular weight is 140 g/mol. The molecule has 0 rings (SSSR count). The fourth-order valence-corrected chi connectivity index (χ4v) is 0.687. The molecule has 0 aliphatic rings. The molecule has 0 spiro atoms. The number of hydrogen-bond acceptors (Lipinski definition) is 1. The van der Waals surface area contributed by atoms with Crippen molar-refractivity contribution in [1.82, 2.24) is 0 Å². The molecule has 0 aromatic carbocycles. The van der Waals surface area contributed by atoms with Gasteiger partial charge in [-0.3, -0.25) is 5.41 Å². The Morgan fingerprint density at radius 3 is 2.70 bits per heavy atom. The van der Waals surface area contributed by atoms with Gasteiger partial charge in [-0.15, -0.1) is 0 Å². The predicted molar refractivity (Wildman–Crippen MR) is 46.0 cm³/mol. The molecule has 2 nitrogen and oxygen atoms in total. The minimum absolute atomic E-state index is 0.400. The molecule has 1 N–H and O–H groups in total. The summed E-state index contributed by atoms with van der Waals surface area (Å²) < 4.78 is 0. The summed E-state index contributed by atoms with van der Waals surface area (Å²) in [6.07, 6.45) is 6.57. The average Bonchev–Trinajstić information content (AvgIpc) is 1.87. The van der Waals surface area contributed by atoms with Gasteiger partial charge < -0.3 is 0 Å². The number of amidine groups is 1. The monoisotopic (exact) mass is 140 g/mol. The molecule has 10 heavy (non-hydrogen) atoms. The first-order chi connectivity index (χ1) is 4.77. The fraction of sp³-hybridized carbons (Fsp3) is 0.750. The topological polar surface area (TPSA) is 36.2 Å². The van der Waals surface area contributed by atoms with E-state index in [-0.39, 0.29) is 0 Å². The van der Waals surface area contributed by atoms with Crippen molar-refractivity contribution < 1.29 is 0 Å². The highest BCUT2D eigenvalue weighted by atomic mass is 14.8. The highest BCUT2D eigenvalue weighted by Crippen LogP contribution is 1.95. The van der Waals surface area contributed by atoms with E-state index in [0.717, 1.165) is 6.42 Å². The third kappa shape index (κ3) is 7.34. The first kappa shape index (κ1) is 9.34. The van der Waals surface area contributed by atoms with Crippen LogP contribution in [0.25, 0.3) is 0 Å². The molecule has 2 heteroatoms. The van der Waals surface area contributed by atoms with Gasteiger partial charge in [-0.25, -0.2) is 4.99 Å². The quantitative estimate of drug-likeness (QED) is 0.354. The summed E-state index contributed by atoms with van der Waals surface area (Å²) in [6, 6.07) is 0. The van der Waals surface area contributed by atoms with E-state index in [4.69, 9.17) is 5.41 Å². The molecule has 0 heterocycles. The van der Waals surface area contributed by atoms with Crippen molar-refractivity contribution in [3.05, 3.63) is 0 Å². The summed E-state index contributed by atoms with van der Waals surface area (Å²) in [7, 11) is 0. The molecule has 0 aliphatic carbocycles. The number of nitrogens with zero attached hydrogens (tertiary/aromatic N) is 1. The van der Waals surface area contributed by atoms with Gasteiger partial charge in [-0.05, 0) is 19.8 Å². The second-order valence-electron chi connectivity index (χ2n) is 2.39. The highest BCUT2D eigenvalue weighted by molar-refractivity contribution is 5.84. The minimum Gasteiger partial charge on any atom is -0.287 e. The summed E-state index contributed by atoms with van der Waals surface area (Å²) in [6.45, 7) is 3.87. The molecular formula is C8H16N2. The maximum absolute atomic E-state index is 6.98. The number of rotatable bonds is 4. The molecule has 0 bridgehead atoms. The summed E-state index contributed by atoms with van der Waals surface area (Å²) in [5.41, 5.74) is 0. The first-order valence-electron chi connectivity index (χ1n) is 3.85. The number of unbranched alkanes of at least 4 members (excludes halogenated alkanes) is 3. The van der Waals surface area contributed by atoms with Crippen molar-refractivity contribution in [1.29, 1.82) is 5.41 Å². The molecule has 0 aliphatic heterocycles. The van der Waals surface area contributed by atoms with Gasteiger partial charge in [0, 0.05) is 6.21 Å². The van der Waals surface area contributed by atoms with E-state index in [0.29, 0.717) is 5.84 Å². The van der Waals surface area contributed by atoms with Crippen LogP contribution in [0.4, 0.5) is 0 Å². The van der Waals surface area contributed by atoms with E-state index in [2.05, 4.69) is 11.9 Å². The van der Waals surface area contributed by atoms with Crippen molar-refractivity contribution in [2.24, 2.45) is 4.99 Å². The summed E-state index contributed by atoms with van der Waals surface area (Å²) >= 11 is 0. The molecule has 0 saturated carbocycles. The normalized spacial score (nSPS) is 10.6. The zero-order valence-electron chi connectivity index (χ0n) is 6.85. The third-order valence-electron chi connectivity index (χ3n) is 1.22. The van der Waals surface area contributed by atoms with E-state index >= 15 is 0 Å². The summed E-state index contributed by atoms with van der Waals surface area (Å²) in [5, 5.41) is 6.98. The predicted octanol–water partition coefficient (Wildman–Crippen LogP) is 2.63. The van der Waals surface area contributed by atoms with Crippen molar-refractivity contribution in [2.45, 2.75) is 39.5 Å². The lowest BCUT2D eigenvalue weighted by atomic mass is 10.2. The number of nitrogens with one attached hydrogen (secondary N) is 1. The second-order valence-corrected chi connectivity index (χ2v) is 2.39. The van der Waals surface area contributed by atoms with Gasteiger partial charge in [0.2, 0.25) is 0 Å². The van der Waals surface area contributed by atoms with Gasteiger partial charge in [-0.1, -0.05) is 19.8 Å². The maximum atomic E-state index is 6.98. The van der Waals surface area contributed by atoms with Gasteiger partial charge in [-0.2, -0.15) is 0 Å². The Hall–Kier alpha value is -0.660. The standard InChI is InChI=1S/C8H16N2/c1-3-4-5-6-7-10-8(2)9/h7,9H,3-6H2,1-2H3.